The molecular weight excluding hydrogens is 345 g/mol. The predicted octanol–water partition coefficient (Wildman–Crippen LogP) is 1.88. The Balaban J connectivity index is 2.32. The number of sulfonamides is 1. The quantitative estimate of drug-likeness (QED) is 0.887. The van der Waals surface area contributed by atoms with Crippen molar-refractivity contribution in [1.29, 1.82) is 0 Å². The van der Waals surface area contributed by atoms with Crippen molar-refractivity contribution in [3.05, 3.63) is 28.7 Å². The normalized spacial score (nSPS) is 13.0. The van der Waals surface area contributed by atoms with Crippen LogP contribution >= 0.6 is 11.6 Å². The summed E-state index contributed by atoms with van der Waals surface area (Å²) in [6, 6.07) is 0.773. The maximum atomic E-state index is 12.9. The Labute approximate surface area is 129 Å². The van der Waals surface area contributed by atoms with Gasteiger partial charge in [0.25, 0.3) is 0 Å². The van der Waals surface area contributed by atoms with E-state index < -0.39 is 21.8 Å². The fourth-order valence-corrected chi connectivity index (χ4v) is 2.63. The summed E-state index contributed by atoms with van der Waals surface area (Å²) in [6.07, 6.45) is -3.27. The molecule has 22 heavy (non-hydrogen) atoms. The molecule has 0 spiro atoms. The molecule has 0 saturated heterocycles. The third-order valence-corrected chi connectivity index (χ3v) is 4.51. The SMILES string of the molecule is CCS(=O)(=O)NCCc1nnc2c(C(F)(F)F)cc(Cl)cn12. The van der Waals surface area contributed by atoms with Crippen LogP contribution < -0.4 is 4.72 Å². The van der Waals surface area contributed by atoms with Crippen molar-refractivity contribution in [3.8, 4) is 0 Å². The number of nitrogens with one attached hydrogen (secondary N) is 1. The molecule has 0 aliphatic rings. The van der Waals surface area contributed by atoms with Gasteiger partial charge in [-0.1, -0.05) is 11.6 Å². The van der Waals surface area contributed by atoms with E-state index in [9.17, 15) is 21.6 Å². The van der Waals surface area contributed by atoms with E-state index in [2.05, 4.69) is 14.9 Å². The van der Waals surface area contributed by atoms with E-state index in [4.69, 9.17) is 11.6 Å². The Morgan fingerprint density at radius 2 is 2.05 bits per heavy atom. The first-order chi connectivity index (χ1) is 10.1. The molecule has 0 unspecified atom stereocenters. The summed E-state index contributed by atoms with van der Waals surface area (Å²) in [6.45, 7) is 1.48. The Kier molecular flexibility index (Phi) is 4.64. The standard InChI is InChI=1S/C11H12ClF3N4O2S/c1-2-22(20,21)16-4-3-9-17-18-10-8(11(13,14)15)5-7(12)6-19(9)10/h5-6,16H,2-4H2,1H3. The highest BCUT2D eigenvalue weighted by molar-refractivity contribution is 7.89. The predicted molar refractivity (Wildman–Crippen MR) is 74.2 cm³/mol. The number of aromatic nitrogens is 3. The molecule has 0 atom stereocenters. The van der Waals surface area contributed by atoms with Gasteiger partial charge in [0, 0.05) is 19.2 Å². The Hall–Kier alpha value is -1.39. The van der Waals surface area contributed by atoms with Gasteiger partial charge in [-0.05, 0) is 13.0 Å². The fraction of sp³-hybridized carbons (Fsp3) is 0.455. The van der Waals surface area contributed by atoms with E-state index in [-0.39, 0.29) is 35.2 Å². The number of fused-ring (bicyclic) bond motifs is 1. The van der Waals surface area contributed by atoms with Gasteiger partial charge in [0.2, 0.25) is 10.0 Å². The molecule has 1 N–H and O–H groups in total. The second kappa shape index (κ2) is 6.01. The Bertz CT molecular complexity index is 788. The summed E-state index contributed by atoms with van der Waals surface area (Å²) in [7, 11) is -3.38. The first-order valence-electron chi connectivity index (χ1n) is 6.21. The monoisotopic (exact) mass is 356 g/mol. The van der Waals surface area contributed by atoms with Crippen LogP contribution in [0.15, 0.2) is 12.3 Å². The van der Waals surface area contributed by atoms with E-state index in [1.54, 1.807) is 0 Å². The van der Waals surface area contributed by atoms with Crippen molar-refractivity contribution in [2.45, 2.75) is 19.5 Å². The number of halogens is 4. The largest absolute Gasteiger partial charge is 0.420 e. The first kappa shape index (κ1) is 17.0. The van der Waals surface area contributed by atoms with Crippen LogP contribution in [0, 0.1) is 0 Å². The van der Waals surface area contributed by atoms with Crippen molar-refractivity contribution >= 4 is 27.3 Å². The molecule has 0 fully saturated rings. The Morgan fingerprint density at radius 1 is 1.36 bits per heavy atom. The lowest BCUT2D eigenvalue weighted by atomic mass is 10.2. The molecule has 0 bridgehead atoms. The minimum Gasteiger partial charge on any atom is -0.284 e. The molecule has 122 valence electrons. The average Bonchev–Trinajstić information content (AvgIpc) is 2.80. The minimum atomic E-state index is -4.61. The highest BCUT2D eigenvalue weighted by Crippen LogP contribution is 2.33. The van der Waals surface area contributed by atoms with Gasteiger partial charge in [0.15, 0.2) is 5.65 Å². The van der Waals surface area contributed by atoms with Crippen LogP contribution in [0.4, 0.5) is 13.2 Å². The van der Waals surface area contributed by atoms with Crippen molar-refractivity contribution in [2.24, 2.45) is 0 Å². The van der Waals surface area contributed by atoms with Gasteiger partial charge in [0.1, 0.15) is 11.4 Å². The van der Waals surface area contributed by atoms with Gasteiger partial charge in [-0.2, -0.15) is 13.2 Å². The van der Waals surface area contributed by atoms with Crippen LogP contribution in [0.25, 0.3) is 5.65 Å². The molecule has 2 heterocycles. The smallest absolute Gasteiger partial charge is 0.284 e. The molecule has 0 aromatic carbocycles. The molecule has 0 aliphatic carbocycles. The van der Waals surface area contributed by atoms with Gasteiger partial charge >= 0.3 is 6.18 Å². The molecule has 0 radical (unpaired) electrons. The summed E-state index contributed by atoms with van der Waals surface area (Å²) in [5.41, 5.74) is -1.36. The molecule has 2 aromatic heterocycles. The second-order valence-electron chi connectivity index (χ2n) is 4.43. The summed E-state index contributed by atoms with van der Waals surface area (Å²) in [5, 5.41) is 7.08. The van der Waals surface area contributed by atoms with E-state index >= 15 is 0 Å². The highest BCUT2D eigenvalue weighted by Gasteiger charge is 2.35. The van der Waals surface area contributed by atoms with Crippen molar-refractivity contribution in [1.82, 2.24) is 19.3 Å². The number of alkyl halides is 3. The van der Waals surface area contributed by atoms with Gasteiger partial charge in [-0.3, -0.25) is 4.40 Å². The minimum absolute atomic E-state index is 0.00479. The first-order valence-corrected chi connectivity index (χ1v) is 8.25. The summed E-state index contributed by atoms with van der Waals surface area (Å²) in [5.74, 6) is 0.0965. The van der Waals surface area contributed by atoms with Crippen LogP contribution in [-0.4, -0.2) is 35.3 Å². The Morgan fingerprint density at radius 3 is 2.64 bits per heavy atom. The average molecular weight is 357 g/mol. The lowest BCUT2D eigenvalue weighted by molar-refractivity contribution is -0.136. The maximum Gasteiger partial charge on any atom is 0.420 e. The summed E-state index contributed by atoms with van der Waals surface area (Å²) in [4.78, 5) is 0. The maximum absolute atomic E-state index is 12.9. The highest BCUT2D eigenvalue weighted by atomic mass is 35.5. The third-order valence-electron chi connectivity index (χ3n) is 2.90. The zero-order chi connectivity index (χ0) is 16.5. The third kappa shape index (κ3) is 3.68. The van der Waals surface area contributed by atoms with Gasteiger partial charge < -0.3 is 0 Å². The van der Waals surface area contributed by atoms with Crippen LogP contribution in [0.1, 0.15) is 18.3 Å². The van der Waals surface area contributed by atoms with Crippen molar-refractivity contribution in [3.63, 3.8) is 0 Å². The molecule has 11 heteroatoms. The lowest BCUT2D eigenvalue weighted by Gasteiger charge is -2.09. The molecule has 0 aliphatic heterocycles. The van der Waals surface area contributed by atoms with Crippen molar-refractivity contribution in [2.75, 3.05) is 12.3 Å². The number of pyridine rings is 1. The van der Waals surface area contributed by atoms with E-state index in [0.717, 1.165) is 10.5 Å². The zero-order valence-electron chi connectivity index (χ0n) is 11.4. The van der Waals surface area contributed by atoms with Gasteiger partial charge in [-0.15, -0.1) is 10.2 Å². The molecular formula is C11H12ClF3N4O2S. The summed E-state index contributed by atoms with van der Waals surface area (Å²) >= 11 is 5.70. The second-order valence-corrected chi connectivity index (χ2v) is 6.96. The van der Waals surface area contributed by atoms with Crippen LogP contribution in [0.5, 0.6) is 0 Å². The van der Waals surface area contributed by atoms with E-state index in [1.165, 1.54) is 13.1 Å². The molecule has 6 nitrogen and oxygen atoms in total. The number of hydrogen-bond donors (Lipinski definition) is 1. The zero-order valence-corrected chi connectivity index (χ0v) is 12.9. The van der Waals surface area contributed by atoms with E-state index in [1.807, 2.05) is 0 Å². The molecule has 2 aromatic rings. The van der Waals surface area contributed by atoms with Crippen LogP contribution in [0.3, 0.4) is 0 Å². The van der Waals surface area contributed by atoms with Crippen molar-refractivity contribution < 1.29 is 21.6 Å². The molecule has 2 rings (SSSR count). The topological polar surface area (TPSA) is 76.4 Å². The number of nitrogens with zero attached hydrogens (tertiary/aromatic N) is 3. The molecule has 0 saturated carbocycles. The fourth-order valence-electron chi connectivity index (χ4n) is 1.81. The van der Waals surface area contributed by atoms with Gasteiger partial charge in [-0.25, -0.2) is 13.1 Å². The van der Waals surface area contributed by atoms with E-state index in [0.29, 0.717) is 0 Å². The summed E-state index contributed by atoms with van der Waals surface area (Å²) < 4.78 is 64.8. The lowest BCUT2D eigenvalue weighted by Crippen LogP contribution is -2.27. The molecule has 0 amide bonds. The number of rotatable bonds is 5. The van der Waals surface area contributed by atoms with Crippen LogP contribution in [0.2, 0.25) is 5.02 Å². The number of hydrogen-bond acceptors (Lipinski definition) is 4. The van der Waals surface area contributed by atoms with Crippen LogP contribution in [-0.2, 0) is 22.6 Å². The van der Waals surface area contributed by atoms with Gasteiger partial charge in [0.05, 0.1) is 10.8 Å².